The van der Waals surface area contributed by atoms with Crippen LogP contribution in [0.4, 0.5) is 5.69 Å². The Bertz CT molecular complexity index is 665. The van der Waals surface area contributed by atoms with E-state index in [-0.39, 0.29) is 5.56 Å². The summed E-state index contributed by atoms with van der Waals surface area (Å²) in [6, 6.07) is 5.39. The first-order valence-electron chi connectivity index (χ1n) is 6.73. The molecule has 0 bridgehead atoms. The second kappa shape index (κ2) is 6.36. The average molecular weight is 351 g/mol. The van der Waals surface area contributed by atoms with Gasteiger partial charge in [-0.15, -0.1) is 0 Å². The fourth-order valence-electron chi connectivity index (χ4n) is 2.19. The quantitative estimate of drug-likeness (QED) is 0.834. The molecule has 0 unspecified atom stereocenters. The maximum Gasteiger partial charge on any atom is 0.269 e. The predicted octanol–water partition coefficient (Wildman–Crippen LogP) is 1.29. The highest BCUT2D eigenvalue weighted by molar-refractivity contribution is 9.10. The number of hydrogen-bond donors (Lipinski definition) is 0. The molecule has 0 amide bonds. The summed E-state index contributed by atoms with van der Waals surface area (Å²) in [5.74, 6) is 0. The Labute approximate surface area is 130 Å². The van der Waals surface area contributed by atoms with Crippen LogP contribution in [0.5, 0.6) is 0 Å². The van der Waals surface area contributed by atoms with Crippen molar-refractivity contribution in [1.29, 1.82) is 0 Å². The monoisotopic (exact) mass is 350 g/mol. The van der Waals surface area contributed by atoms with Crippen molar-refractivity contribution in [3.05, 3.63) is 51.1 Å². The summed E-state index contributed by atoms with van der Waals surface area (Å²) in [5.41, 5.74) is 1.53. The van der Waals surface area contributed by atoms with E-state index in [4.69, 9.17) is 4.74 Å². The number of morpholine rings is 1. The molecule has 0 saturated carbocycles. The minimum absolute atomic E-state index is 0.122. The smallest absolute Gasteiger partial charge is 0.269 e. The summed E-state index contributed by atoms with van der Waals surface area (Å²) in [4.78, 5) is 18.5. The Morgan fingerprint density at radius 3 is 2.71 bits per heavy atom. The first kappa shape index (κ1) is 14.2. The molecule has 0 spiro atoms. The lowest BCUT2D eigenvalue weighted by atomic mass is 10.3. The van der Waals surface area contributed by atoms with Crippen molar-refractivity contribution in [1.82, 2.24) is 14.8 Å². The van der Waals surface area contributed by atoms with Crippen LogP contribution in [0.3, 0.4) is 0 Å². The SMILES string of the molecule is O=c1cc(N2CCOCC2)cnn1Cc1ccc(Br)cn1. The Kier molecular flexibility index (Phi) is 4.31. The molecule has 1 fully saturated rings. The number of pyridine rings is 1. The molecule has 0 aromatic carbocycles. The van der Waals surface area contributed by atoms with Gasteiger partial charge in [0.2, 0.25) is 0 Å². The van der Waals surface area contributed by atoms with Crippen LogP contribution in [0.2, 0.25) is 0 Å². The van der Waals surface area contributed by atoms with Crippen molar-refractivity contribution in [3.63, 3.8) is 0 Å². The molecule has 1 aliphatic rings. The molecule has 1 saturated heterocycles. The van der Waals surface area contributed by atoms with Gasteiger partial charge in [-0.3, -0.25) is 9.78 Å². The van der Waals surface area contributed by atoms with E-state index in [9.17, 15) is 4.79 Å². The summed E-state index contributed by atoms with van der Waals surface area (Å²) in [7, 11) is 0. The van der Waals surface area contributed by atoms with Crippen molar-refractivity contribution in [2.45, 2.75) is 6.54 Å². The normalized spacial score (nSPS) is 15.2. The highest BCUT2D eigenvalue weighted by Gasteiger charge is 2.12. The first-order valence-corrected chi connectivity index (χ1v) is 7.52. The van der Waals surface area contributed by atoms with E-state index in [0.29, 0.717) is 19.8 Å². The van der Waals surface area contributed by atoms with Crippen LogP contribution in [-0.2, 0) is 11.3 Å². The van der Waals surface area contributed by atoms with Gasteiger partial charge in [0.25, 0.3) is 5.56 Å². The number of nitrogens with zero attached hydrogens (tertiary/aromatic N) is 4. The first-order chi connectivity index (χ1) is 10.2. The van der Waals surface area contributed by atoms with Gasteiger partial charge in [0.15, 0.2) is 0 Å². The van der Waals surface area contributed by atoms with Crippen molar-refractivity contribution in [3.8, 4) is 0 Å². The number of aromatic nitrogens is 3. The zero-order valence-electron chi connectivity index (χ0n) is 11.4. The van der Waals surface area contributed by atoms with Gasteiger partial charge in [-0.05, 0) is 28.1 Å². The van der Waals surface area contributed by atoms with Gasteiger partial charge in [-0.25, -0.2) is 4.68 Å². The summed E-state index contributed by atoms with van der Waals surface area (Å²) in [6.45, 7) is 3.33. The standard InChI is InChI=1S/C14H15BrN4O2/c15-11-1-2-12(16-8-11)10-19-14(20)7-13(9-17-19)18-3-5-21-6-4-18/h1-2,7-9H,3-6,10H2. The van der Waals surface area contributed by atoms with E-state index in [1.807, 2.05) is 12.1 Å². The molecule has 0 atom stereocenters. The molecule has 2 aromatic heterocycles. The van der Waals surface area contributed by atoms with Crippen LogP contribution < -0.4 is 10.5 Å². The topological polar surface area (TPSA) is 60.3 Å². The molecule has 110 valence electrons. The zero-order chi connectivity index (χ0) is 14.7. The van der Waals surface area contributed by atoms with Crippen molar-refractivity contribution in [2.75, 3.05) is 31.2 Å². The molecule has 7 heteroatoms. The Morgan fingerprint density at radius 2 is 2.05 bits per heavy atom. The van der Waals surface area contributed by atoms with E-state index >= 15 is 0 Å². The lowest BCUT2D eigenvalue weighted by molar-refractivity contribution is 0.122. The maximum absolute atomic E-state index is 12.2. The second-order valence-electron chi connectivity index (χ2n) is 4.78. The molecule has 2 aromatic rings. The Morgan fingerprint density at radius 1 is 1.24 bits per heavy atom. The molecule has 0 N–H and O–H groups in total. The fraction of sp³-hybridized carbons (Fsp3) is 0.357. The van der Waals surface area contributed by atoms with Crippen LogP contribution in [0.15, 0.2) is 39.9 Å². The van der Waals surface area contributed by atoms with Gasteiger partial charge >= 0.3 is 0 Å². The number of anilines is 1. The van der Waals surface area contributed by atoms with Gasteiger partial charge in [-0.2, -0.15) is 5.10 Å². The summed E-state index contributed by atoms with van der Waals surface area (Å²) in [5, 5.41) is 4.24. The molecular weight excluding hydrogens is 336 g/mol. The second-order valence-corrected chi connectivity index (χ2v) is 5.69. The van der Waals surface area contributed by atoms with Gasteiger partial charge in [0.1, 0.15) is 0 Å². The molecule has 1 aliphatic heterocycles. The van der Waals surface area contributed by atoms with Crippen molar-refractivity contribution < 1.29 is 4.74 Å². The number of rotatable bonds is 3. The van der Waals surface area contributed by atoms with Gasteiger partial charge < -0.3 is 9.64 Å². The molecule has 0 radical (unpaired) electrons. The van der Waals surface area contributed by atoms with Gasteiger partial charge in [0, 0.05) is 29.8 Å². The number of ether oxygens (including phenoxy) is 1. The molecular formula is C14H15BrN4O2. The van der Waals surface area contributed by atoms with E-state index in [1.54, 1.807) is 18.5 Å². The molecule has 0 aliphatic carbocycles. The summed E-state index contributed by atoms with van der Waals surface area (Å²) < 4.78 is 7.63. The van der Waals surface area contributed by atoms with Crippen LogP contribution in [-0.4, -0.2) is 41.1 Å². The lowest BCUT2D eigenvalue weighted by Gasteiger charge is -2.28. The van der Waals surface area contributed by atoms with Crippen molar-refractivity contribution >= 4 is 21.6 Å². The van der Waals surface area contributed by atoms with Crippen LogP contribution in [0.25, 0.3) is 0 Å². The van der Waals surface area contributed by atoms with Crippen LogP contribution in [0.1, 0.15) is 5.69 Å². The number of halogens is 1. The summed E-state index contributed by atoms with van der Waals surface area (Å²) >= 11 is 3.34. The highest BCUT2D eigenvalue weighted by Crippen LogP contribution is 2.12. The Hall–Kier alpha value is -1.73. The highest BCUT2D eigenvalue weighted by atomic mass is 79.9. The minimum Gasteiger partial charge on any atom is -0.378 e. The summed E-state index contributed by atoms with van der Waals surface area (Å²) in [6.07, 6.45) is 3.44. The third kappa shape index (κ3) is 3.48. The van der Waals surface area contributed by atoms with Crippen LogP contribution in [0, 0.1) is 0 Å². The average Bonchev–Trinajstić information content (AvgIpc) is 2.52. The molecule has 6 nitrogen and oxygen atoms in total. The zero-order valence-corrected chi connectivity index (χ0v) is 13.0. The lowest BCUT2D eigenvalue weighted by Crippen LogP contribution is -2.37. The maximum atomic E-state index is 12.2. The molecule has 3 rings (SSSR count). The Balaban J connectivity index is 1.77. The van der Waals surface area contributed by atoms with E-state index < -0.39 is 0 Å². The van der Waals surface area contributed by atoms with E-state index in [0.717, 1.165) is 28.9 Å². The van der Waals surface area contributed by atoms with E-state index in [1.165, 1.54) is 4.68 Å². The third-order valence-electron chi connectivity index (χ3n) is 3.33. The molecule has 21 heavy (non-hydrogen) atoms. The van der Waals surface area contributed by atoms with Gasteiger partial charge in [0.05, 0.1) is 37.3 Å². The van der Waals surface area contributed by atoms with E-state index in [2.05, 4.69) is 30.9 Å². The third-order valence-corrected chi connectivity index (χ3v) is 3.80. The minimum atomic E-state index is -0.122. The largest absolute Gasteiger partial charge is 0.378 e. The molecule has 3 heterocycles. The predicted molar refractivity (Wildman–Crippen MR) is 82.6 cm³/mol. The van der Waals surface area contributed by atoms with Crippen molar-refractivity contribution in [2.24, 2.45) is 0 Å². The van der Waals surface area contributed by atoms with Crippen LogP contribution >= 0.6 is 15.9 Å². The fourth-order valence-corrected chi connectivity index (χ4v) is 2.43. The number of hydrogen-bond acceptors (Lipinski definition) is 5. The van der Waals surface area contributed by atoms with Gasteiger partial charge in [-0.1, -0.05) is 0 Å².